The molecule has 0 bridgehead atoms. The summed E-state index contributed by atoms with van der Waals surface area (Å²) < 4.78 is 18.2. The number of hydrogen-bond acceptors (Lipinski definition) is 10. The molecule has 4 N–H and O–H groups in total. The minimum absolute atomic E-state index is 0.0397. The lowest BCUT2D eigenvalue weighted by Crippen LogP contribution is -2.53. The highest BCUT2D eigenvalue weighted by Crippen LogP contribution is 2.15. The van der Waals surface area contributed by atoms with Crippen molar-refractivity contribution in [1.82, 2.24) is 25.6 Å². The molecule has 258 valence electrons. The minimum atomic E-state index is -1.14. The van der Waals surface area contributed by atoms with E-state index in [4.69, 9.17) is 19.9 Å². The van der Waals surface area contributed by atoms with Crippen LogP contribution in [-0.2, 0) is 41.6 Å². The number of aromatic nitrogens is 3. The fourth-order valence-electron chi connectivity index (χ4n) is 4.25. The van der Waals surface area contributed by atoms with E-state index in [9.17, 15) is 19.2 Å². The van der Waals surface area contributed by atoms with Gasteiger partial charge < -0.3 is 30.6 Å². The second-order valence-corrected chi connectivity index (χ2v) is 14.3. The summed E-state index contributed by atoms with van der Waals surface area (Å²) in [6.45, 7) is 16.9. The average molecular weight is 639 g/mol. The number of urea groups is 1. The quantitative estimate of drug-likeness (QED) is 0.119. The zero-order valence-corrected chi connectivity index (χ0v) is 29.0. The number of ether oxygens (including phenoxy) is 3. The van der Waals surface area contributed by atoms with Crippen molar-refractivity contribution >= 4 is 23.9 Å². The van der Waals surface area contributed by atoms with E-state index >= 15 is 0 Å². The second-order valence-electron chi connectivity index (χ2n) is 14.3. The van der Waals surface area contributed by atoms with Gasteiger partial charge in [-0.3, -0.25) is 9.48 Å². The van der Waals surface area contributed by atoms with Gasteiger partial charge in [0.1, 0.15) is 28.9 Å². The first-order valence-electron chi connectivity index (χ1n) is 16.1. The topological polar surface area (TPSA) is 177 Å². The van der Waals surface area contributed by atoms with Crippen molar-refractivity contribution in [3.8, 4) is 0 Å². The molecule has 0 aliphatic carbocycles. The fraction of sp³-hybridized carbons (Fsp3) is 0.812. The summed E-state index contributed by atoms with van der Waals surface area (Å²) in [7, 11) is 0. The van der Waals surface area contributed by atoms with E-state index in [1.54, 1.807) is 67.0 Å². The molecular weight excluding hydrogens is 580 g/mol. The van der Waals surface area contributed by atoms with Crippen LogP contribution in [0.5, 0.6) is 0 Å². The first-order valence-corrected chi connectivity index (χ1v) is 16.1. The van der Waals surface area contributed by atoms with Gasteiger partial charge in [0.2, 0.25) is 0 Å². The Labute approximate surface area is 269 Å². The molecule has 1 heterocycles. The molecule has 1 rings (SSSR count). The van der Waals surface area contributed by atoms with Crippen LogP contribution in [-0.4, -0.2) is 74.4 Å². The molecule has 0 radical (unpaired) electrons. The predicted molar refractivity (Wildman–Crippen MR) is 171 cm³/mol. The van der Waals surface area contributed by atoms with Gasteiger partial charge in [0.05, 0.1) is 5.69 Å². The maximum Gasteiger partial charge on any atom is 0.329 e. The van der Waals surface area contributed by atoms with E-state index in [0.717, 1.165) is 37.8 Å². The van der Waals surface area contributed by atoms with Crippen molar-refractivity contribution in [1.29, 1.82) is 0 Å². The van der Waals surface area contributed by atoms with Crippen molar-refractivity contribution in [3.05, 3.63) is 11.9 Å². The molecule has 0 spiro atoms. The van der Waals surface area contributed by atoms with Crippen LogP contribution in [0.2, 0.25) is 0 Å². The third kappa shape index (κ3) is 19.7. The molecule has 0 aromatic carbocycles. The summed E-state index contributed by atoms with van der Waals surface area (Å²) in [6.07, 6.45) is 8.54. The Kier molecular flexibility index (Phi) is 16.5. The van der Waals surface area contributed by atoms with Crippen LogP contribution >= 0.6 is 0 Å². The van der Waals surface area contributed by atoms with Gasteiger partial charge in [0, 0.05) is 19.2 Å². The van der Waals surface area contributed by atoms with Gasteiger partial charge in [-0.05, 0) is 114 Å². The number of aryl methyl sites for hydroxylation is 2. The molecule has 0 saturated carbocycles. The summed E-state index contributed by atoms with van der Waals surface area (Å²) in [5.74, 6) is -1.79. The van der Waals surface area contributed by atoms with Gasteiger partial charge in [-0.1, -0.05) is 18.1 Å². The van der Waals surface area contributed by atoms with Crippen molar-refractivity contribution in [3.63, 3.8) is 0 Å². The second kappa shape index (κ2) is 18.7. The number of nitrogens with zero attached hydrogens (tertiary/aromatic N) is 3. The molecule has 1 aromatic heterocycles. The smallest absolute Gasteiger partial charge is 0.329 e. The molecule has 13 heteroatoms. The summed E-state index contributed by atoms with van der Waals surface area (Å²) in [5.41, 5.74) is 4.23. The summed E-state index contributed by atoms with van der Waals surface area (Å²) in [6, 6.07) is -2.86. The first kappa shape index (κ1) is 39.8. The van der Waals surface area contributed by atoms with Gasteiger partial charge in [0.15, 0.2) is 0 Å². The molecule has 13 nitrogen and oxygen atoms in total. The van der Waals surface area contributed by atoms with Crippen LogP contribution in [0.25, 0.3) is 0 Å². The number of unbranched alkanes of at least 4 members (excludes halogenated alkanes) is 4. The molecule has 1 aromatic rings. The summed E-state index contributed by atoms with van der Waals surface area (Å²) in [4.78, 5) is 51.4. The standard InChI is InChI=1S/C32H58N6O7/c1-30(2,3)43-26(39)19-18-25(28(41)45-32(7,8)9)35-29(42)34-24(27(40)44-31(4,5)6)17-13-15-21-38-22-23(36-37-38)16-12-10-11-14-20-33/h22,24-25H,10-21,33H2,1-9H3,(H2,34,35,42). The summed E-state index contributed by atoms with van der Waals surface area (Å²) >= 11 is 0. The molecule has 2 atom stereocenters. The number of rotatable bonds is 18. The van der Waals surface area contributed by atoms with Crippen LogP contribution in [0.4, 0.5) is 4.79 Å². The number of nitrogens with one attached hydrogen (secondary N) is 2. The van der Waals surface area contributed by atoms with Crippen LogP contribution in [0.1, 0.15) is 126 Å². The van der Waals surface area contributed by atoms with Gasteiger partial charge in [0.25, 0.3) is 0 Å². The zero-order chi connectivity index (χ0) is 34.3. The Bertz CT molecular complexity index is 1070. The Morgan fingerprint density at radius 2 is 1.29 bits per heavy atom. The molecule has 0 saturated heterocycles. The SMILES string of the molecule is CC(C)(C)OC(=O)CCC(NC(=O)NC(CCCCn1cc(CCCCCCN)nn1)C(=O)OC(C)(C)C)C(=O)OC(C)(C)C. The Morgan fingerprint density at radius 3 is 1.82 bits per heavy atom. The average Bonchev–Trinajstić information content (AvgIpc) is 3.32. The predicted octanol–water partition coefficient (Wildman–Crippen LogP) is 4.35. The van der Waals surface area contributed by atoms with Gasteiger partial charge in [-0.15, -0.1) is 5.10 Å². The maximum absolute atomic E-state index is 13.1. The van der Waals surface area contributed by atoms with Crippen LogP contribution < -0.4 is 16.4 Å². The van der Waals surface area contributed by atoms with Crippen molar-refractivity contribution < 1.29 is 33.4 Å². The lowest BCUT2D eigenvalue weighted by Gasteiger charge is -2.27. The van der Waals surface area contributed by atoms with Gasteiger partial charge in [-0.25, -0.2) is 14.4 Å². The molecule has 0 aliphatic heterocycles. The molecule has 2 amide bonds. The Balaban J connectivity index is 2.82. The number of carbonyl (C=O) groups is 4. The Hall–Kier alpha value is -3.22. The monoisotopic (exact) mass is 638 g/mol. The van der Waals surface area contributed by atoms with Gasteiger partial charge in [-0.2, -0.15) is 0 Å². The number of hydrogen-bond donors (Lipinski definition) is 3. The fourth-order valence-corrected chi connectivity index (χ4v) is 4.25. The molecule has 45 heavy (non-hydrogen) atoms. The van der Waals surface area contributed by atoms with E-state index < -0.39 is 52.8 Å². The highest BCUT2D eigenvalue weighted by Gasteiger charge is 2.31. The van der Waals surface area contributed by atoms with Crippen LogP contribution in [0, 0.1) is 0 Å². The summed E-state index contributed by atoms with van der Waals surface area (Å²) in [5, 5.41) is 13.7. The van der Waals surface area contributed by atoms with E-state index in [0.29, 0.717) is 32.4 Å². The highest BCUT2D eigenvalue weighted by molar-refractivity contribution is 5.87. The van der Waals surface area contributed by atoms with Gasteiger partial charge >= 0.3 is 23.9 Å². The van der Waals surface area contributed by atoms with E-state index in [1.807, 2.05) is 6.20 Å². The Morgan fingerprint density at radius 1 is 0.756 bits per heavy atom. The maximum atomic E-state index is 13.1. The zero-order valence-electron chi connectivity index (χ0n) is 29.0. The van der Waals surface area contributed by atoms with Crippen LogP contribution in [0.15, 0.2) is 6.20 Å². The van der Waals surface area contributed by atoms with E-state index in [-0.39, 0.29) is 12.8 Å². The number of carbonyl (C=O) groups excluding carboxylic acids is 4. The van der Waals surface area contributed by atoms with Crippen molar-refractivity contribution in [2.24, 2.45) is 5.73 Å². The minimum Gasteiger partial charge on any atom is -0.460 e. The lowest BCUT2D eigenvalue weighted by molar-refractivity contribution is -0.159. The van der Waals surface area contributed by atoms with Crippen molar-refractivity contribution in [2.75, 3.05) is 6.54 Å². The third-order valence-corrected chi connectivity index (χ3v) is 6.15. The number of amides is 2. The molecule has 2 unspecified atom stereocenters. The highest BCUT2D eigenvalue weighted by atomic mass is 16.6. The van der Waals surface area contributed by atoms with E-state index in [1.165, 1.54) is 0 Å². The van der Waals surface area contributed by atoms with E-state index in [2.05, 4.69) is 20.9 Å². The largest absolute Gasteiger partial charge is 0.460 e. The first-order chi connectivity index (χ1) is 20.8. The molecule has 0 aliphatic rings. The van der Waals surface area contributed by atoms with Crippen LogP contribution in [0.3, 0.4) is 0 Å². The van der Waals surface area contributed by atoms with Crippen molar-refractivity contribution in [2.45, 2.75) is 162 Å². The number of nitrogens with two attached hydrogens (primary N) is 1. The lowest BCUT2D eigenvalue weighted by atomic mass is 10.1. The molecular formula is C32H58N6O7. The normalized spacial score (nSPS) is 13.5. The molecule has 0 fully saturated rings. The third-order valence-electron chi connectivity index (χ3n) is 6.15. The number of esters is 3.